The number of rotatable bonds is 8. The van der Waals surface area contributed by atoms with Crippen LogP contribution in [-0.2, 0) is 13.1 Å². The first-order chi connectivity index (χ1) is 12.9. The van der Waals surface area contributed by atoms with E-state index in [9.17, 15) is 0 Å². The van der Waals surface area contributed by atoms with Crippen molar-refractivity contribution in [2.45, 2.75) is 47.7 Å². The number of benzene rings is 1. The van der Waals surface area contributed by atoms with Gasteiger partial charge in [0.1, 0.15) is 5.75 Å². The van der Waals surface area contributed by atoms with E-state index >= 15 is 0 Å². The number of aliphatic imine (C=N–C) groups is 1. The van der Waals surface area contributed by atoms with Gasteiger partial charge in [-0.2, -0.15) is 5.10 Å². The molecule has 6 nitrogen and oxygen atoms in total. The van der Waals surface area contributed by atoms with Crippen LogP contribution >= 0.6 is 0 Å². The first-order valence-corrected chi connectivity index (χ1v) is 9.60. The van der Waals surface area contributed by atoms with E-state index in [0.717, 1.165) is 36.1 Å². The minimum Gasteiger partial charge on any atom is -0.494 e. The Bertz CT molecular complexity index is 766. The maximum absolute atomic E-state index is 5.75. The molecule has 1 aromatic carbocycles. The lowest BCUT2D eigenvalue weighted by Crippen LogP contribution is -2.39. The van der Waals surface area contributed by atoms with Crippen LogP contribution in [0.5, 0.6) is 5.75 Å². The summed E-state index contributed by atoms with van der Waals surface area (Å²) in [6.45, 7) is 13.4. The van der Waals surface area contributed by atoms with Gasteiger partial charge in [0.2, 0.25) is 0 Å². The van der Waals surface area contributed by atoms with Crippen molar-refractivity contribution in [1.29, 1.82) is 0 Å². The van der Waals surface area contributed by atoms with E-state index in [1.54, 1.807) is 7.05 Å². The Morgan fingerprint density at radius 3 is 2.63 bits per heavy atom. The molecule has 1 aromatic heterocycles. The summed E-state index contributed by atoms with van der Waals surface area (Å²) >= 11 is 0. The molecule has 1 heterocycles. The minimum absolute atomic E-state index is 0.430. The second-order valence-electron chi connectivity index (χ2n) is 7.07. The van der Waals surface area contributed by atoms with Gasteiger partial charge in [0.05, 0.1) is 12.3 Å². The van der Waals surface area contributed by atoms with Crippen LogP contribution in [0, 0.1) is 26.7 Å². The summed E-state index contributed by atoms with van der Waals surface area (Å²) in [5, 5.41) is 11.3. The lowest BCUT2D eigenvalue weighted by Gasteiger charge is -2.18. The van der Waals surface area contributed by atoms with Crippen LogP contribution in [0.15, 0.2) is 29.3 Å². The molecule has 0 bridgehead atoms. The molecule has 0 saturated carbocycles. The molecule has 27 heavy (non-hydrogen) atoms. The zero-order valence-corrected chi connectivity index (χ0v) is 17.5. The summed E-state index contributed by atoms with van der Waals surface area (Å²) in [4.78, 5) is 4.33. The highest BCUT2D eigenvalue weighted by Gasteiger charge is 2.09. The van der Waals surface area contributed by atoms with Gasteiger partial charge in [-0.25, -0.2) is 0 Å². The zero-order chi connectivity index (χ0) is 19.8. The molecule has 6 heteroatoms. The Morgan fingerprint density at radius 2 is 2.00 bits per heavy atom. The maximum Gasteiger partial charge on any atom is 0.191 e. The predicted molar refractivity (Wildman–Crippen MR) is 111 cm³/mol. The Morgan fingerprint density at radius 1 is 1.22 bits per heavy atom. The van der Waals surface area contributed by atoms with Crippen molar-refractivity contribution in [2.24, 2.45) is 10.9 Å². The van der Waals surface area contributed by atoms with Crippen LogP contribution in [-0.4, -0.2) is 35.9 Å². The largest absolute Gasteiger partial charge is 0.494 e. The third-order valence-electron chi connectivity index (χ3n) is 4.40. The molecule has 1 atom stereocenters. The fraction of sp³-hybridized carbons (Fsp3) is 0.524. The molecule has 0 aliphatic rings. The standard InChI is InChI=1S/C21H33N5O/c1-7-27-20-10-15(2)8-9-19(20)13-24-21(22-6)23-12-16(3)14-26-18(5)11-17(4)25-26/h8-11,16H,7,12-14H2,1-6H3,(H2,22,23,24). The van der Waals surface area contributed by atoms with Crippen LogP contribution in [0.1, 0.15) is 36.4 Å². The van der Waals surface area contributed by atoms with Crippen LogP contribution in [0.25, 0.3) is 0 Å². The van der Waals surface area contributed by atoms with Gasteiger partial charge in [-0.05, 0) is 51.3 Å². The number of aryl methyl sites for hydroxylation is 3. The summed E-state index contributed by atoms with van der Waals surface area (Å²) in [6.07, 6.45) is 0. The molecule has 0 amide bonds. The Hall–Kier alpha value is -2.50. The topological polar surface area (TPSA) is 63.5 Å². The van der Waals surface area contributed by atoms with Crippen LogP contribution < -0.4 is 15.4 Å². The average Bonchev–Trinajstić information content (AvgIpc) is 2.94. The highest BCUT2D eigenvalue weighted by atomic mass is 16.5. The SMILES string of the molecule is CCOc1cc(C)ccc1CNC(=NC)NCC(C)Cn1nc(C)cc1C. The third-order valence-corrected chi connectivity index (χ3v) is 4.40. The van der Waals surface area contributed by atoms with Gasteiger partial charge < -0.3 is 15.4 Å². The summed E-state index contributed by atoms with van der Waals surface area (Å²) < 4.78 is 7.82. The van der Waals surface area contributed by atoms with Crippen molar-refractivity contribution in [2.75, 3.05) is 20.2 Å². The molecule has 0 aliphatic heterocycles. The number of nitrogens with zero attached hydrogens (tertiary/aromatic N) is 3. The van der Waals surface area contributed by atoms with Crippen LogP contribution in [0.2, 0.25) is 0 Å². The molecule has 0 spiro atoms. The minimum atomic E-state index is 0.430. The van der Waals surface area contributed by atoms with Gasteiger partial charge in [-0.1, -0.05) is 19.1 Å². The molecule has 1 unspecified atom stereocenters. The number of nitrogens with one attached hydrogen (secondary N) is 2. The number of ether oxygens (including phenoxy) is 1. The van der Waals surface area contributed by atoms with Gasteiger partial charge >= 0.3 is 0 Å². The van der Waals surface area contributed by atoms with Crippen molar-refractivity contribution >= 4 is 5.96 Å². The maximum atomic E-state index is 5.75. The first kappa shape index (κ1) is 20.8. The van der Waals surface area contributed by atoms with E-state index in [1.165, 1.54) is 11.3 Å². The van der Waals surface area contributed by atoms with E-state index in [-0.39, 0.29) is 0 Å². The van der Waals surface area contributed by atoms with Gasteiger partial charge in [-0.3, -0.25) is 9.67 Å². The molecular formula is C21H33N5O. The molecule has 148 valence electrons. The number of hydrogen-bond donors (Lipinski definition) is 2. The van der Waals surface area contributed by atoms with Gasteiger partial charge in [0.25, 0.3) is 0 Å². The summed E-state index contributed by atoms with van der Waals surface area (Å²) in [7, 11) is 1.79. The van der Waals surface area contributed by atoms with E-state index < -0.39 is 0 Å². The molecule has 0 saturated heterocycles. The van der Waals surface area contributed by atoms with Crippen molar-refractivity contribution in [3.8, 4) is 5.75 Å². The number of hydrogen-bond acceptors (Lipinski definition) is 3. The fourth-order valence-corrected chi connectivity index (χ4v) is 2.99. The van der Waals surface area contributed by atoms with Crippen molar-refractivity contribution in [3.05, 3.63) is 46.8 Å². The second kappa shape index (κ2) is 10.00. The summed E-state index contributed by atoms with van der Waals surface area (Å²) in [5.41, 5.74) is 4.58. The highest BCUT2D eigenvalue weighted by molar-refractivity contribution is 5.79. The molecule has 2 rings (SSSR count). The molecule has 0 fully saturated rings. The quantitative estimate of drug-likeness (QED) is 0.552. The summed E-state index contributed by atoms with van der Waals surface area (Å²) in [5.74, 6) is 2.15. The smallest absolute Gasteiger partial charge is 0.191 e. The second-order valence-corrected chi connectivity index (χ2v) is 7.07. The van der Waals surface area contributed by atoms with Crippen molar-refractivity contribution in [1.82, 2.24) is 20.4 Å². The Balaban J connectivity index is 1.86. The third kappa shape index (κ3) is 6.31. The summed E-state index contributed by atoms with van der Waals surface area (Å²) in [6, 6.07) is 8.39. The fourth-order valence-electron chi connectivity index (χ4n) is 2.99. The lowest BCUT2D eigenvalue weighted by molar-refractivity contribution is 0.336. The molecule has 2 aromatic rings. The molecule has 2 N–H and O–H groups in total. The van der Waals surface area contributed by atoms with E-state index in [0.29, 0.717) is 19.1 Å². The van der Waals surface area contributed by atoms with E-state index in [4.69, 9.17) is 4.74 Å². The van der Waals surface area contributed by atoms with E-state index in [1.807, 2.05) is 13.8 Å². The van der Waals surface area contributed by atoms with Gasteiger partial charge in [0.15, 0.2) is 5.96 Å². The van der Waals surface area contributed by atoms with Crippen LogP contribution in [0.3, 0.4) is 0 Å². The Kier molecular flexibility index (Phi) is 7.70. The van der Waals surface area contributed by atoms with Crippen molar-refractivity contribution < 1.29 is 4.74 Å². The van der Waals surface area contributed by atoms with Crippen LogP contribution in [0.4, 0.5) is 0 Å². The highest BCUT2D eigenvalue weighted by Crippen LogP contribution is 2.20. The zero-order valence-electron chi connectivity index (χ0n) is 17.5. The van der Waals surface area contributed by atoms with Crippen molar-refractivity contribution in [3.63, 3.8) is 0 Å². The molecule has 0 aliphatic carbocycles. The number of guanidine groups is 1. The lowest BCUT2D eigenvalue weighted by atomic mass is 10.1. The van der Waals surface area contributed by atoms with Gasteiger partial charge in [0, 0.05) is 37.9 Å². The molecule has 0 radical (unpaired) electrons. The van der Waals surface area contributed by atoms with Gasteiger partial charge in [-0.15, -0.1) is 0 Å². The average molecular weight is 372 g/mol. The number of aromatic nitrogens is 2. The Labute approximate surface area is 163 Å². The first-order valence-electron chi connectivity index (χ1n) is 9.60. The predicted octanol–water partition coefficient (Wildman–Crippen LogP) is 3.21. The normalized spacial score (nSPS) is 12.7. The van der Waals surface area contributed by atoms with E-state index in [2.05, 4.69) is 70.4 Å². The monoisotopic (exact) mass is 371 g/mol. The molecular weight excluding hydrogens is 338 g/mol.